The molecule has 0 saturated carbocycles. The van der Waals surface area contributed by atoms with Gasteiger partial charge in [0.15, 0.2) is 0 Å². The van der Waals surface area contributed by atoms with Crippen molar-refractivity contribution in [1.82, 2.24) is 0 Å². The number of aromatic carboxylic acids is 1. The number of aliphatic carboxylic acids is 1. The Bertz CT molecular complexity index is 924. The quantitative estimate of drug-likeness (QED) is 0.632. The maximum absolute atomic E-state index is 12.6. The van der Waals surface area contributed by atoms with Crippen LogP contribution in [0.25, 0.3) is 0 Å². The first kappa shape index (κ1) is 24.0. The van der Waals surface area contributed by atoms with Crippen LogP contribution in [0, 0.1) is 5.92 Å². The summed E-state index contributed by atoms with van der Waals surface area (Å²) in [6.45, 7) is 0.276. The lowest BCUT2D eigenvalue weighted by atomic mass is 10.1. The minimum Gasteiger partial charge on any atom is -0.481 e. The summed E-state index contributed by atoms with van der Waals surface area (Å²) < 4.78 is 41.4. The van der Waals surface area contributed by atoms with Crippen LogP contribution in [0.2, 0.25) is 0 Å². The number of carboxylic acids is 2. The molecule has 1 aliphatic heterocycles. The molecule has 1 fully saturated rings. The lowest BCUT2D eigenvalue weighted by Crippen LogP contribution is -2.32. The SMILES string of the molecule is O=C(O)C1CC(=O)N(c2ccccc2)C1.O=C(O)c1ccc(OC(F)(F)C(F)Cl)cc1. The third kappa shape index (κ3) is 6.61. The molecule has 166 valence electrons. The first-order valence-electron chi connectivity index (χ1n) is 8.78. The number of benzene rings is 2. The van der Waals surface area contributed by atoms with Crippen LogP contribution in [0.3, 0.4) is 0 Å². The molecule has 0 aliphatic carbocycles. The van der Waals surface area contributed by atoms with E-state index in [1.54, 1.807) is 0 Å². The van der Waals surface area contributed by atoms with Gasteiger partial charge in [-0.05, 0) is 36.4 Å². The highest BCUT2D eigenvalue weighted by Crippen LogP contribution is 2.28. The van der Waals surface area contributed by atoms with Gasteiger partial charge in [0.2, 0.25) is 5.91 Å². The normalized spacial score (nSPS) is 16.8. The number of amides is 1. The Balaban J connectivity index is 0.000000220. The number of ether oxygens (including phenoxy) is 1. The van der Waals surface area contributed by atoms with Crippen molar-refractivity contribution in [2.45, 2.75) is 18.2 Å². The van der Waals surface area contributed by atoms with Crippen LogP contribution in [0.5, 0.6) is 5.75 Å². The zero-order valence-corrected chi connectivity index (χ0v) is 16.5. The van der Waals surface area contributed by atoms with Gasteiger partial charge in [0.25, 0.3) is 5.63 Å². The molecule has 7 nitrogen and oxygen atoms in total. The van der Waals surface area contributed by atoms with Gasteiger partial charge in [-0.15, -0.1) is 0 Å². The van der Waals surface area contributed by atoms with Gasteiger partial charge in [-0.2, -0.15) is 8.78 Å². The number of para-hydroxylation sites is 1. The van der Waals surface area contributed by atoms with Crippen molar-refractivity contribution in [1.29, 1.82) is 0 Å². The number of carboxylic acid groups (broad SMARTS) is 2. The number of anilines is 1. The van der Waals surface area contributed by atoms with E-state index in [0.29, 0.717) is 0 Å². The number of carbonyl (C=O) groups is 3. The number of alkyl halides is 4. The Morgan fingerprint density at radius 2 is 1.68 bits per heavy atom. The average molecular weight is 460 g/mol. The number of hydrogen-bond donors (Lipinski definition) is 2. The fraction of sp³-hybridized carbons (Fsp3) is 0.250. The van der Waals surface area contributed by atoms with Gasteiger partial charge in [0.1, 0.15) is 5.75 Å². The van der Waals surface area contributed by atoms with E-state index >= 15 is 0 Å². The largest absolute Gasteiger partial charge is 0.481 e. The summed E-state index contributed by atoms with van der Waals surface area (Å²) in [4.78, 5) is 34.3. The molecule has 3 rings (SSSR count). The summed E-state index contributed by atoms with van der Waals surface area (Å²) in [5.41, 5.74) is -2.31. The number of rotatable bonds is 6. The molecular weight excluding hydrogens is 443 g/mol. The molecule has 2 aromatic carbocycles. The molecule has 1 saturated heterocycles. The van der Waals surface area contributed by atoms with Gasteiger partial charge in [0.05, 0.1) is 11.5 Å². The van der Waals surface area contributed by atoms with Crippen LogP contribution in [0.1, 0.15) is 16.8 Å². The summed E-state index contributed by atoms with van der Waals surface area (Å²) in [7, 11) is 0. The van der Waals surface area contributed by atoms with Gasteiger partial charge in [-0.1, -0.05) is 29.8 Å². The maximum Gasteiger partial charge on any atom is 0.444 e. The standard InChI is InChI=1S/C11H11NO3.C9H6ClF3O3/c13-10-6-8(11(14)15)7-12(10)9-4-2-1-3-5-9;10-8(11)9(12,13)16-6-3-1-5(2-4-6)7(14)15/h1-5,8H,6-7H2,(H,14,15);1-4,8H,(H,14,15). The molecule has 0 bridgehead atoms. The second-order valence-corrected chi connectivity index (χ2v) is 6.76. The molecule has 0 radical (unpaired) electrons. The van der Waals surface area contributed by atoms with Crippen molar-refractivity contribution in [2.24, 2.45) is 5.92 Å². The van der Waals surface area contributed by atoms with Crippen molar-refractivity contribution in [2.75, 3.05) is 11.4 Å². The second-order valence-electron chi connectivity index (χ2n) is 6.37. The van der Waals surface area contributed by atoms with Crippen molar-refractivity contribution in [3.05, 3.63) is 60.2 Å². The fourth-order valence-corrected chi connectivity index (χ4v) is 2.64. The summed E-state index contributed by atoms with van der Waals surface area (Å²) in [5, 5.41) is 17.3. The summed E-state index contributed by atoms with van der Waals surface area (Å²) >= 11 is 4.57. The van der Waals surface area contributed by atoms with E-state index in [2.05, 4.69) is 16.3 Å². The monoisotopic (exact) mass is 459 g/mol. The van der Waals surface area contributed by atoms with Gasteiger partial charge in [-0.3, -0.25) is 9.59 Å². The fourth-order valence-electron chi connectivity index (χ4n) is 2.60. The highest BCUT2D eigenvalue weighted by molar-refractivity contribution is 6.20. The zero-order chi connectivity index (χ0) is 23.2. The topological polar surface area (TPSA) is 104 Å². The van der Waals surface area contributed by atoms with E-state index in [1.807, 2.05) is 30.3 Å². The predicted octanol–water partition coefficient (Wildman–Crippen LogP) is 4.01. The summed E-state index contributed by atoms with van der Waals surface area (Å²) in [6, 6.07) is 13.2. The lowest BCUT2D eigenvalue weighted by Gasteiger charge is -2.17. The third-order valence-electron chi connectivity index (χ3n) is 4.15. The Morgan fingerprint density at radius 3 is 2.13 bits per heavy atom. The highest BCUT2D eigenvalue weighted by atomic mass is 35.5. The number of hydrogen-bond acceptors (Lipinski definition) is 4. The molecule has 2 unspecified atom stereocenters. The van der Waals surface area contributed by atoms with Crippen molar-refractivity contribution in [3.63, 3.8) is 0 Å². The van der Waals surface area contributed by atoms with Gasteiger partial charge < -0.3 is 19.8 Å². The van der Waals surface area contributed by atoms with E-state index in [4.69, 9.17) is 10.2 Å². The minimum absolute atomic E-state index is 0.0988. The van der Waals surface area contributed by atoms with Crippen LogP contribution in [-0.4, -0.2) is 46.3 Å². The molecular formula is C20H17ClF3NO6. The average Bonchev–Trinajstić information content (AvgIpc) is 3.11. The summed E-state index contributed by atoms with van der Waals surface area (Å²) in [5.74, 6) is -3.18. The zero-order valence-electron chi connectivity index (χ0n) is 15.8. The van der Waals surface area contributed by atoms with Gasteiger partial charge in [0, 0.05) is 18.7 Å². The van der Waals surface area contributed by atoms with Gasteiger partial charge in [-0.25, -0.2) is 9.18 Å². The van der Waals surface area contributed by atoms with E-state index in [0.717, 1.165) is 30.0 Å². The van der Waals surface area contributed by atoms with Crippen LogP contribution in [0.15, 0.2) is 54.6 Å². The van der Waals surface area contributed by atoms with Crippen LogP contribution >= 0.6 is 11.6 Å². The Morgan fingerprint density at radius 1 is 1.10 bits per heavy atom. The summed E-state index contributed by atoms with van der Waals surface area (Å²) in [6.07, 6.45) is -4.06. The maximum atomic E-state index is 12.6. The number of carbonyl (C=O) groups excluding carboxylic acids is 1. The second kappa shape index (κ2) is 10.2. The first-order valence-corrected chi connectivity index (χ1v) is 9.21. The molecule has 31 heavy (non-hydrogen) atoms. The molecule has 2 N–H and O–H groups in total. The van der Waals surface area contributed by atoms with Gasteiger partial charge >= 0.3 is 18.0 Å². The van der Waals surface area contributed by atoms with E-state index in [-0.39, 0.29) is 30.2 Å². The van der Waals surface area contributed by atoms with Crippen molar-refractivity contribution < 1.29 is 42.5 Å². The Kier molecular flexibility index (Phi) is 7.87. The Hall–Kier alpha value is -3.27. The Labute approximate surface area is 179 Å². The number of halogens is 4. The first-order chi connectivity index (χ1) is 14.5. The highest BCUT2D eigenvalue weighted by Gasteiger charge is 2.42. The molecule has 1 amide bonds. The molecule has 0 spiro atoms. The van der Waals surface area contributed by atoms with Crippen LogP contribution in [-0.2, 0) is 9.59 Å². The lowest BCUT2D eigenvalue weighted by molar-refractivity contribution is -0.199. The molecule has 11 heteroatoms. The van der Waals surface area contributed by atoms with E-state index in [9.17, 15) is 27.6 Å². The third-order valence-corrected chi connectivity index (χ3v) is 4.41. The predicted molar refractivity (Wildman–Crippen MR) is 104 cm³/mol. The molecule has 2 aromatic rings. The van der Waals surface area contributed by atoms with Crippen LogP contribution < -0.4 is 9.64 Å². The molecule has 1 heterocycles. The molecule has 1 aliphatic rings. The number of nitrogens with zero attached hydrogens (tertiary/aromatic N) is 1. The van der Waals surface area contributed by atoms with Crippen molar-refractivity contribution in [3.8, 4) is 5.75 Å². The van der Waals surface area contributed by atoms with Crippen molar-refractivity contribution >= 4 is 35.1 Å². The minimum atomic E-state index is -4.16. The molecule has 0 aromatic heterocycles. The van der Waals surface area contributed by atoms with E-state index < -0.39 is 29.6 Å². The smallest absolute Gasteiger partial charge is 0.444 e. The molecule has 2 atom stereocenters. The van der Waals surface area contributed by atoms with Crippen LogP contribution in [0.4, 0.5) is 18.9 Å². The van der Waals surface area contributed by atoms with E-state index in [1.165, 1.54) is 4.90 Å².